The Balaban J connectivity index is 1.27. The van der Waals surface area contributed by atoms with Gasteiger partial charge < -0.3 is 10.1 Å². The van der Waals surface area contributed by atoms with Crippen molar-refractivity contribution in [3.05, 3.63) is 72.3 Å². The molecule has 150 valence electrons. The number of nitrogens with one attached hydrogen (secondary N) is 1. The van der Waals surface area contributed by atoms with Crippen LogP contribution in [-0.2, 0) is 11.3 Å². The standard InChI is InChI=1S/C24H27N3O2/c1-29-21-11-9-19(10-12-21)17-26-13-15-27(16-14-26)18-24(28)25-23-8-4-6-20-5-2-3-7-22(20)23/h2-12H,13-18H2,1H3,(H,25,28). The van der Waals surface area contributed by atoms with E-state index in [0.717, 1.165) is 54.9 Å². The second-order valence-corrected chi connectivity index (χ2v) is 7.48. The number of nitrogens with zero attached hydrogens (tertiary/aromatic N) is 2. The Hall–Kier alpha value is -2.89. The van der Waals surface area contributed by atoms with E-state index in [1.807, 2.05) is 42.5 Å². The molecule has 0 radical (unpaired) electrons. The van der Waals surface area contributed by atoms with E-state index in [-0.39, 0.29) is 5.91 Å². The number of anilines is 1. The van der Waals surface area contributed by atoms with Crippen LogP contribution in [0.5, 0.6) is 5.75 Å². The molecular weight excluding hydrogens is 362 g/mol. The first kappa shape index (κ1) is 19.4. The third kappa shape index (κ3) is 4.94. The third-order valence-corrected chi connectivity index (χ3v) is 5.46. The summed E-state index contributed by atoms with van der Waals surface area (Å²) in [5, 5.41) is 5.30. The number of hydrogen-bond acceptors (Lipinski definition) is 4. The summed E-state index contributed by atoms with van der Waals surface area (Å²) in [4.78, 5) is 17.2. The molecule has 0 bridgehead atoms. The maximum atomic E-state index is 12.6. The van der Waals surface area contributed by atoms with Crippen LogP contribution in [0.3, 0.4) is 0 Å². The minimum atomic E-state index is 0.0463. The van der Waals surface area contributed by atoms with Gasteiger partial charge in [-0.2, -0.15) is 0 Å². The summed E-state index contributed by atoms with van der Waals surface area (Å²) in [6.45, 7) is 5.10. The van der Waals surface area contributed by atoms with Crippen molar-refractivity contribution in [3.63, 3.8) is 0 Å². The first-order valence-electron chi connectivity index (χ1n) is 10.1. The number of methoxy groups -OCH3 is 1. The molecule has 3 aromatic carbocycles. The van der Waals surface area contributed by atoms with Gasteiger partial charge in [0.15, 0.2) is 0 Å². The van der Waals surface area contributed by atoms with Crippen molar-refractivity contribution in [2.24, 2.45) is 0 Å². The third-order valence-electron chi connectivity index (χ3n) is 5.46. The summed E-state index contributed by atoms with van der Waals surface area (Å²) in [6.07, 6.45) is 0. The van der Waals surface area contributed by atoms with Crippen molar-refractivity contribution in [2.45, 2.75) is 6.54 Å². The molecule has 1 N–H and O–H groups in total. The Morgan fingerprint density at radius 1 is 0.897 bits per heavy atom. The maximum Gasteiger partial charge on any atom is 0.238 e. The minimum Gasteiger partial charge on any atom is -0.497 e. The van der Waals surface area contributed by atoms with E-state index >= 15 is 0 Å². The van der Waals surface area contributed by atoms with Crippen molar-refractivity contribution in [1.82, 2.24) is 9.80 Å². The Bertz CT molecular complexity index is 958. The van der Waals surface area contributed by atoms with E-state index in [1.165, 1.54) is 5.56 Å². The van der Waals surface area contributed by atoms with Gasteiger partial charge in [0.05, 0.1) is 13.7 Å². The largest absolute Gasteiger partial charge is 0.497 e. The maximum absolute atomic E-state index is 12.6. The number of carbonyl (C=O) groups is 1. The second kappa shape index (κ2) is 9.07. The number of piperazine rings is 1. The molecule has 0 aliphatic carbocycles. The monoisotopic (exact) mass is 389 g/mol. The van der Waals surface area contributed by atoms with Gasteiger partial charge in [0.1, 0.15) is 5.75 Å². The fourth-order valence-corrected chi connectivity index (χ4v) is 3.82. The van der Waals surface area contributed by atoms with E-state index in [2.05, 4.69) is 39.4 Å². The van der Waals surface area contributed by atoms with Crippen LogP contribution in [0.1, 0.15) is 5.56 Å². The first-order chi connectivity index (χ1) is 14.2. The summed E-state index contributed by atoms with van der Waals surface area (Å²) >= 11 is 0. The van der Waals surface area contributed by atoms with Crippen LogP contribution in [0.25, 0.3) is 10.8 Å². The molecule has 1 saturated heterocycles. The lowest BCUT2D eigenvalue weighted by Gasteiger charge is -2.34. The number of ether oxygens (including phenoxy) is 1. The SMILES string of the molecule is COc1ccc(CN2CCN(CC(=O)Nc3cccc4ccccc34)CC2)cc1. The molecule has 1 fully saturated rings. The van der Waals surface area contributed by atoms with Gasteiger partial charge in [-0.1, -0.05) is 48.5 Å². The van der Waals surface area contributed by atoms with Gasteiger partial charge in [-0.15, -0.1) is 0 Å². The van der Waals surface area contributed by atoms with Crippen LogP contribution >= 0.6 is 0 Å². The first-order valence-corrected chi connectivity index (χ1v) is 10.1. The topological polar surface area (TPSA) is 44.8 Å². The number of fused-ring (bicyclic) bond motifs is 1. The summed E-state index contributed by atoms with van der Waals surface area (Å²) in [5.74, 6) is 0.931. The lowest BCUT2D eigenvalue weighted by molar-refractivity contribution is -0.117. The molecule has 4 rings (SSSR count). The Labute approximate surface area is 171 Å². The van der Waals surface area contributed by atoms with Gasteiger partial charge in [-0.25, -0.2) is 0 Å². The number of hydrogen-bond donors (Lipinski definition) is 1. The van der Waals surface area contributed by atoms with E-state index < -0.39 is 0 Å². The summed E-state index contributed by atoms with van der Waals surface area (Å²) in [5.41, 5.74) is 2.17. The normalized spacial score (nSPS) is 15.3. The molecule has 1 heterocycles. The summed E-state index contributed by atoms with van der Waals surface area (Å²) < 4.78 is 5.22. The van der Waals surface area contributed by atoms with Crippen molar-refractivity contribution in [2.75, 3.05) is 45.2 Å². The average Bonchev–Trinajstić information content (AvgIpc) is 2.76. The molecule has 5 nitrogen and oxygen atoms in total. The Morgan fingerprint density at radius 2 is 1.59 bits per heavy atom. The highest BCUT2D eigenvalue weighted by atomic mass is 16.5. The van der Waals surface area contributed by atoms with Crippen molar-refractivity contribution in [3.8, 4) is 5.75 Å². The van der Waals surface area contributed by atoms with E-state index in [1.54, 1.807) is 7.11 Å². The zero-order valence-corrected chi connectivity index (χ0v) is 16.8. The molecule has 0 unspecified atom stereocenters. The molecule has 29 heavy (non-hydrogen) atoms. The molecule has 0 aromatic heterocycles. The number of rotatable bonds is 6. The van der Waals surface area contributed by atoms with Gasteiger partial charge in [0, 0.05) is 43.8 Å². The van der Waals surface area contributed by atoms with Crippen LogP contribution in [0, 0.1) is 0 Å². The van der Waals surface area contributed by atoms with Crippen LogP contribution in [0.2, 0.25) is 0 Å². The van der Waals surface area contributed by atoms with Gasteiger partial charge in [-0.05, 0) is 29.1 Å². The van der Waals surface area contributed by atoms with Gasteiger partial charge >= 0.3 is 0 Å². The number of amides is 1. The average molecular weight is 389 g/mol. The van der Waals surface area contributed by atoms with E-state index in [9.17, 15) is 4.79 Å². The minimum absolute atomic E-state index is 0.0463. The zero-order chi connectivity index (χ0) is 20.1. The lowest BCUT2D eigenvalue weighted by Crippen LogP contribution is -2.48. The number of carbonyl (C=O) groups excluding carboxylic acids is 1. The van der Waals surface area contributed by atoms with Crippen molar-refractivity contribution in [1.29, 1.82) is 0 Å². The molecule has 5 heteroatoms. The molecule has 1 aliphatic heterocycles. The Kier molecular flexibility index (Phi) is 6.08. The summed E-state index contributed by atoms with van der Waals surface area (Å²) in [7, 11) is 1.69. The highest BCUT2D eigenvalue weighted by molar-refractivity contribution is 6.02. The molecule has 0 atom stereocenters. The molecule has 0 saturated carbocycles. The summed E-state index contributed by atoms with van der Waals surface area (Å²) in [6, 6.07) is 22.4. The van der Waals surface area contributed by atoms with Crippen LogP contribution < -0.4 is 10.1 Å². The fraction of sp³-hybridized carbons (Fsp3) is 0.292. The molecule has 1 amide bonds. The van der Waals surface area contributed by atoms with Crippen LogP contribution in [-0.4, -0.2) is 55.5 Å². The molecule has 0 spiro atoms. The quantitative estimate of drug-likeness (QED) is 0.700. The smallest absolute Gasteiger partial charge is 0.238 e. The molecule has 3 aromatic rings. The number of benzene rings is 3. The Morgan fingerprint density at radius 3 is 2.34 bits per heavy atom. The zero-order valence-electron chi connectivity index (χ0n) is 16.8. The lowest BCUT2D eigenvalue weighted by atomic mass is 10.1. The predicted octanol–water partition coefficient (Wildman–Crippen LogP) is 3.60. The van der Waals surface area contributed by atoms with E-state index in [0.29, 0.717) is 6.54 Å². The van der Waals surface area contributed by atoms with Crippen LogP contribution in [0.15, 0.2) is 66.7 Å². The van der Waals surface area contributed by atoms with Crippen molar-refractivity contribution < 1.29 is 9.53 Å². The van der Waals surface area contributed by atoms with Crippen molar-refractivity contribution >= 4 is 22.4 Å². The highest BCUT2D eigenvalue weighted by Gasteiger charge is 2.19. The van der Waals surface area contributed by atoms with E-state index in [4.69, 9.17) is 4.74 Å². The molecular formula is C24H27N3O2. The van der Waals surface area contributed by atoms with Gasteiger partial charge in [0.25, 0.3) is 0 Å². The molecule has 1 aliphatic rings. The predicted molar refractivity (Wildman–Crippen MR) is 117 cm³/mol. The fourth-order valence-electron chi connectivity index (χ4n) is 3.82. The highest BCUT2D eigenvalue weighted by Crippen LogP contribution is 2.23. The van der Waals surface area contributed by atoms with Gasteiger partial charge in [0.2, 0.25) is 5.91 Å². The van der Waals surface area contributed by atoms with Gasteiger partial charge in [-0.3, -0.25) is 14.6 Å². The van der Waals surface area contributed by atoms with Crippen LogP contribution in [0.4, 0.5) is 5.69 Å². The second-order valence-electron chi connectivity index (χ2n) is 7.48.